The van der Waals surface area contributed by atoms with Crippen LogP contribution in [-0.4, -0.2) is 64.3 Å². The number of ether oxygens (including phenoxy) is 2. The predicted octanol–water partition coefficient (Wildman–Crippen LogP) is 2.12. The summed E-state index contributed by atoms with van der Waals surface area (Å²) in [4.78, 5) is 17.6. The number of carbonyl (C=O) groups is 1. The molecular formula is C19H30N4O3. The van der Waals surface area contributed by atoms with Gasteiger partial charge in [-0.2, -0.15) is 0 Å². The van der Waals surface area contributed by atoms with E-state index in [9.17, 15) is 4.79 Å². The van der Waals surface area contributed by atoms with Crippen LogP contribution in [0.1, 0.15) is 13.3 Å². The summed E-state index contributed by atoms with van der Waals surface area (Å²) in [5.41, 5.74) is 1.79. The Kier molecular flexibility index (Phi) is 9.86. The zero-order valence-electron chi connectivity index (χ0n) is 16.2. The molecule has 0 bridgehead atoms. The van der Waals surface area contributed by atoms with E-state index in [0.29, 0.717) is 25.7 Å². The Labute approximate surface area is 156 Å². The Balaban J connectivity index is 2.74. The third-order valence-electron chi connectivity index (χ3n) is 3.29. The third kappa shape index (κ3) is 9.08. The smallest absolute Gasteiger partial charge is 0.243 e. The van der Waals surface area contributed by atoms with Gasteiger partial charge in [-0.05, 0) is 19.1 Å². The molecule has 0 unspecified atom stereocenters. The Hall–Kier alpha value is -2.54. The molecule has 7 nitrogen and oxygen atoms in total. The van der Waals surface area contributed by atoms with Crippen molar-refractivity contribution in [1.82, 2.24) is 10.2 Å². The minimum absolute atomic E-state index is 0.0612. The van der Waals surface area contributed by atoms with Gasteiger partial charge in [-0.3, -0.25) is 4.79 Å². The first-order valence-corrected chi connectivity index (χ1v) is 8.54. The minimum atomic E-state index is -0.0725. The molecular weight excluding hydrogens is 332 g/mol. The van der Waals surface area contributed by atoms with Crippen LogP contribution >= 0.6 is 0 Å². The number of amides is 1. The number of likely N-dealkylation sites (N-methyl/N-ethyl adjacent to an activating group) is 1. The van der Waals surface area contributed by atoms with Crippen LogP contribution < -0.4 is 15.4 Å². The molecule has 7 heteroatoms. The molecule has 1 aromatic carbocycles. The Morgan fingerprint density at radius 3 is 2.73 bits per heavy atom. The second-order valence-corrected chi connectivity index (χ2v) is 6.11. The van der Waals surface area contributed by atoms with Crippen LogP contribution in [0, 0.1) is 0 Å². The number of aliphatic imine (C=N–C) groups is 1. The summed E-state index contributed by atoms with van der Waals surface area (Å²) in [6.07, 6.45) is 0.827. The van der Waals surface area contributed by atoms with Crippen molar-refractivity contribution in [2.75, 3.05) is 52.8 Å². The maximum Gasteiger partial charge on any atom is 0.243 e. The fraction of sp³-hybridized carbons (Fsp3) is 0.474. The summed E-state index contributed by atoms with van der Waals surface area (Å²) < 4.78 is 10.7. The number of nitrogens with one attached hydrogen (secondary N) is 2. The van der Waals surface area contributed by atoms with Crippen LogP contribution in [-0.2, 0) is 9.53 Å². The van der Waals surface area contributed by atoms with E-state index in [1.807, 2.05) is 31.2 Å². The molecule has 1 rings (SSSR count). The number of hydrogen-bond donors (Lipinski definition) is 2. The predicted molar refractivity (Wildman–Crippen MR) is 106 cm³/mol. The Morgan fingerprint density at radius 1 is 1.31 bits per heavy atom. The summed E-state index contributed by atoms with van der Waals surface area (Å²) in [5, 5.41) is 6.35. The van der Waals surface area contributed by atoms with Gasteiger partial charge in [-0.1, -0.05) is 18.2 Å². The van der Waals surface area contributed by atoms with Crippen LogP contribution in [0.5, 0.6) is 5.75 Å². The van der Waals surface area contributed by atoms with Gasteiger partial charge in [0.2, 0.25) is 5.91 Å². The Bertz CT molecular complexity index is 615. The molecule has 0 atom stereocenters. The van der Waals surface area contributed by atoms with E-state index in [0.717, 1.165) is 23.4 Å². The van der Waals surface area contributed by atoms with Crippen LogP contribution in [0.3, 0.4) is 0 Å². The molecule has 0 aliphatic heterocycles. The van der Waals surface area contributed by atoms with Gasteiger partial charge in [0, 0.05) is 52.5 Å². The molecule has 26 heavy (non-hydrogen) atoms. The summed E-state index contributed by atoms with van der Waals surface area (Å²) in [6.45, 7) is 7.67. The van der Waals surface area contributed by atoms with E-state index in [1.54, 1.807) is 21.2 Å². The normalized spacial score (nSPS) is 11.0. The first-order chi connectivity index (χ1) is 12.4. The number of hydrogen-bond acceptors (Lipinski definition) is 4. The quantitative estimate of drug-likeness (QED) is 0.289. The fourth-order valence-electron chi connectivity index (χ4n) is 1.86. The standard InChI is InChI=1S/C19H30N4O3/c1-15(2)13-20-19(21-14-18(24)23(3)4)22-16-8-6-9-17(12-16)26-11-7-10-25-5/h6,8-9,12H,1,7,10-11,13-14H2,2-5H3,(H2,20,21,22). The zero-order chi connectivity index (χ0) is 19.4. The lowest BCUT2D eigenvalue weighted by Crippen LogP contribution is -2.34. The number of nitrogens with zero attached hydrogens (tertiary/aromatic N) is 2. The molecule has 0 spiro atoms. The monoisotopic (exact) mass is 362 g/mol. The van der Waals surface area contributed by atoms with Gasteiger partial charge in [-0.15, -0.1) is 0 Å². The van der Waals surface area contributed by atoms with Crippen LogP contribution in [0.25, 0.3) is 0 Å². The molecule has 0 aliphatic rings. The van der Waals surface area contributed by atoms with E-state index in [-0.39, 0.29) is 12.5 Å². The molecule has 1 amide bonds. The average molecular weight is 362 g/mol. The van der Waals surface area contributed by atoms with Gasteiger partial charge < -0.3 is 25.0 Å². The molecule has 0 saturated carbocycles. The molecule has 0 fully saturated rings. The molecule has 144 valence electrons. The number of guanidine groups is 1. The van der Waals surface area contributed by atoms with Crippen molar-refractivity contribution in [1.29, 1.82) is 0 Å². The van der Waals surface area contributed by atoms with Crippen molar-refractivity contribution in [3.63, 3.8) is 0 Å². The molecule has 0 aliphatic carbocycles. The first-order valence-electron chi connectivity index (χ1n) is 8.54. The van der Waals surface area contributed by atoms with Crippen LogP contribution in [0.15, 0.2) is 41.4 Å². The maximum atomic E-state index is 11.8. The van der Waals surface area contributed by atoms with Gasteiger partial charge in [0.25, 0.3) is 0 Å². The topological polar surface area (TPSA) is 75.2 Å². The number of benzene rings is 1. The second kappa shape index (κ2) is 11.9. The van der Waals surface area contributed by atoms with Gasteiger partial charge in [-0.25, -0.2) is 4.99 Å². The highest BCUT2D eigenvalue weighted by Crippen LogP contribution is 2.17. The van der Waals surface area contributed by atoms with Gasteiger partial charge in [0.05, 0.1) is 6.61 Å². The van der Waals surface area contributed by atoms with Crippen molar-refractivity contribution in [3.8, 4) is 5.75 Å². The number of carbonyl (C=O) groups excluding carboxylic acids is 1. The molecule has 0 aromatic heterocycles. The SMILES string of the molecule is C=C(C)CNC(=NCC(=O)N(C)C)Nc1cccc(OCCCOC)c1. The van der Waals surface area contributed by atoms with Crippen LogP contribution in [0.2, 0.25) is 0 Å². The summed E-state index contributed by atoms with van der Waals surface area (Å²) in [7, 11) is 5.08. The summed E-state index contributed by atoms with van der Waals surface area (Å²) >= 11 is 0. The van der Waals surface area contributed by atoms with E-state index in [2.05, 4.69) is 22.2 Å². The number of anilines is 1. The van der Waals surface area contributed by atoms with Gasteiger partial charge >= 0.3 is 0 Å². The molecule has 2 N–H and O–H groups in total. The van der Waals surface area contributed by atoms with Crippen molar-refractivity contribution >= 4 is 17.6 Å². The highest BCUT2D eigenvalue weighted by molar-refractivity contribution is 5.95. The van der Waals surface area contributed by atoms with E-state index in [1.165, 1.54) is 4.90 Å². The molecule has 1 aromatic rings. The zero-order valence-corrected chi connectivity index (χ0v) is 16.2. The fourth-order valence-corrected chi connectivity index (χ4v) is 1.86. The molecule has 0 saturated heterocycles. The van der Waals surface area contributed by atoms with Crippen molar-refractivity contribution in [3.05, 3.63) is 36.4 Å². The largest absolute Gasteiger partial charge is 0.493 e. The third-order valence-corrected chi connectivity index (χ3v) is 3.29. The summed E-state index contributed by atoms with van der Waals surface area (Å²) in [6, 6.07) is 7.59. The van der Waals surface area contributed by atoms with Gasteiger partial charge in [0.1, 0.15) is 12.3 Å². The van der Waals surface area contributed by atoms with E-state index in [4.69, 9.17) is 9.47 Å². The lowest BCUT2D eigenvalue weighted by molar-refractivity contribution is -0.127. The average Bonchev–Trinajstić information content (AvgIpc) is 2.61. The molecule has 0 radical (unpaired) electrons. The van der Waals surface area contributed by atoms with E-state index < -0.39 is 0 Å². The Morgan fingerprint density at radius 2 is 2.08 bits per heavy atom. The van der Waals surface area contributed by atoms with Crippen molar-refractivity contribution < 1.29 is 14.3 Å². The first kappa shape index (κ1) is 21.5. The maximum absolute atomic E-state index is 11.8. The van der Waals surface area contributed by atoms with Crippen molar-refractivity contribution in [2.24, 2.45) is 4.99 Å². The van der Waals surface area contributed by atoms with Gasteiger partial charge in [0.15, 0.2) is 5.96 Å². The molecule has 0 heterocycles. The lowest BCUT2D eigenvalue weighted by atomic mass is 10.3. The second-order valence-electron chi connectivity index (χ2n) is 6.11. The van der Waals surface area contributed by atoms with Crippen LogP contribution in [0.4, 0.5) is 5.69 Å². The number of methoxy groups -OCH3 is 1. The van der Waals surface area contributed by atoms with Crippen molar-refractivity contribution in [2.45, 2.75) is 13.3 Å². The highest BCUT2D eigenvalue weighted by Gasteiger charge is 2.06. The summed E-state index contributed by atoms with van der Waals surface area (Å²) in [5.74, 6) is 1.20. The van der Waals surface area contributed by atoms with E-state index >= 15 is 0 Å². The number of rotatable bonds is 10. The highest BCUT2D eigenvalue weighted by atomic mass is 16.5. The minimum Gasteiger partial charge on any atom is -0.493 e. The lowest BCUT2D eigenvalue weighted by Gasteiger charge is -2.14.